The van der Waals surface area contributed by atoms with Crippen LogP contribution in [0.2, 0.25) is 0 Å². The van der Waals surface area contributed by atoms with Crippen LogP contribution in [-0.2, 0) is 6.54 Å². The van der Waals surface area contributed by atoms with Gasteiger partial charge in [-0.05, 0) is 43.6 Å². The average molecular weight is 364 g/mol. The summed E-state index contributed by atoms with van der Waals surface area (Å²) in [5.74, 6) is 1.35. The van der Waals surface area contributed by atoms with E-state index in [1.165, 1.54) is 25.7 Å². The molecule has 0 bridgehead atoms. The van der Waals surface area contributed by atoms with Gasteiger partial charge in [0.25, 0.3) is 0 Å². The minimum Gasteiger partial charge on any atom is -0.493 e. The van der Waals surface area contributed by atoms with E-state index in [1.807, 2.05) is 18.2 Å². The Morgan fingerprint density at radius 3 is 2.46 bits per heavy atom. The summed E-state index contributed by atoms with van der Waals surface area (Å²) in [5, 5.41) is 19.7. The number of ether oxygens (including phenoxy) is 2. The van der Waals surface area contributed by atoms with Crippen molar-refractivity contribution in [3.8, 4) is 11.5 Å². The lowest BCUT2D eigenvalue weighted by atomic mass is 10.1. The zero-order chi connectivity index (χ0) is 18.4. The van der Waals surface area contributed by atoms with E-state index in [4.69, 9.17) is 9.47 Å². The molecule has 0 saturated carbocycles. The second-order valence-electron chi connectivity index (χ2n) is 7.51. The molecule has 2 aliphatic heterocycles. The molecule has 2 N–H and O–H groups in total. The molecule has 0 amide bonds. The van der Waals surface area contributed by atoms with Gasteiger partial charge in [0, 0.05) is 26.2 Å². The summed E-state index contributed by atoms with van der Waals surface area (Å²) < 4.78 is 11.3. The van der Waals surface area contributed by atoms with Gasteiger partial charge >= 0.3 is 0 Å². The molecular formula is C20H32N2O4. The van der Waals surface area contributed by atoms with Crippen molar-refractivity contribution in [3.63, 3.8) is 0 Å². The normalized spacial score (nSPS) is 21.0. The molecule has 0 aliphatic carbocycles. The maximum absolute atomic E-state index is 10.3. The third kappa shape index (κ3) is 5.58. The largest absolute Gasteiger partial charge is 0.493 e. The maximum atomic E-state index is 10.3. The van der Waals surface area contributed by atoms with Crippen molar-refractivity contribution < 1.29 is 19.7 Å². The molecule has 2 aliphatic rings. The summed E-state index contributed by atoms with van der Waals surface area (Å²) in [5.41, 5.74) is 1.13. The molecule has 2 heterocycles. The lowest BCUT2D eigenvalue weighted by Gasteiger charge is -2.35. The predicted octanol–water partition coefficient (Wildman–Crippen LogP) is 1.49. The van der Waals surface area contributed by atoms with Crippen LogP contribution in [0.5, 0.6) is 11.5 Å². The molecule has 6 nitrogen and oxygen atoms in total. The second kappa shape index (κ2) is 9.55. The number of hydrogen-bond donors (Lipinski definition) is 2. The van der Waals surface area contributed by atoms with Crippen LogP contribution in [0.25, 0.3) is 0 Å². The fraction of sp³-hybridized carbons (Fsp3) is 0.700. The number of hydrogen-bond acceptors (Lipinski definition) is 6. The Labute approximate surface area is 156 Å². The quantitative estimate of drug-likeness (QED) is 0.729. The number of nitrogens with zero attached hydrogens (tertiary/aromatic N) is 2. The van der Waals surface area contributed by atoms with Gasteiger partial charge in [-0.3, -0.25) is 4.90 Å². The first-order chi connectivity index (χ1) is 12.6. The second-order valence-corrected chi connectivity index (χ2v) is 7.51. The zero-order valence-corrected chi connectivity index (χ0v) is 15.8. The van der Waals surface area contributed by atoms with Crippen molar-refractivity contribution in [1.29, 1.82) is 0 Å². The van der Waals surface area contributed by atoms with E-state index in [-0.39, 0.29) is 12.7 Å². The summed E-state index contributed by atoms with van der Waals surface area (Å²) in [6.07, 6.45) is 4.34. The fourth-order valence-corrected chi connectivity index (χ4v) is 3.71. The van der Waals surface area contributed by atoms with Gasteiger partial charge in [-0.25, -0.2) is 0 Å². The number of aliphatic hydroxyl groups is 2. The summed E-state index contributed by atoms with van der Waals surface area (Å²) in [4.78, 5) is 4.52. The van der Waals surface area contributed by atoms with Crippen LogP contribution in [0.3, 0.4) is 0 Å². The number of rotatable bonds is 8. The summed E-state index contributed by atoms with van der Waals surface area (Å²) in [6.45, 7) is 5.32. The minimum absolute atomic E-state index is 0.190. The van der Waals surface area contributed by atoms with Gasteiger partial charge in [0.2, 0.25) is 0 Å². The molecule has 1 unspecified atom stereocenters. The number of benzene rings is 1. The summed E-state index contributed by atoms with van der Waals surface area (Å²) in [7, 11) is 1.63. The standard InChI is InChI=1S/C20H32N2O4/c1-25-20-10-16(11-22-12-17(23)13-22)6-7-19(20)26-15-18(24)14-21-8-4-2-3-5-9-21/h6-7,10,17-18,23-24H,2-5,8-9,11-15H2,1H3. The molecule has 3 rings (SSSR count). The number of likely N-dealkylation sites (tertiary alicyclic amines) is 2. The Morgan fingerprint density at radius 2 is 1.81 bits per heavy atom. The minimum atomic E-state index is -0.500. The maximum Gasteiger partial charge on any atom is 0.161 e. The molecule has 146 valence electrons. The Bertz CT molecular complexity index is 555. The van der Waals surface area contributed by atoms with Crippen LogP contribution in [-0.4, -0.2) is 78.7 Å². The van der Waals surface area contributed by atoms with E-state index in [0.29, 0.717) is 18.0 Å². The fourth-order valence-electron chi connectivity index (χ4n) is 3.71. The van der Waals surface area contributed by atoms with E-state index < -0.39 is 6.10 Å². The Balaban J connectivity index is 1.48. The molecule has 26 heavy (non-hydrogen) atoms. The van der Waals surface area contributed by atoms with Crippen LogP contribution in [0.1, 0.15) is 31.2 Å². The molecule has 1 aromatic rings. The van der Waals surface area contributed by atoms with Crippen LogP contribution >= 0.6 is 0 Å². The van der Waals surface area contributed by atoms with E-state index >= 15 is 0 Å². The van der Waals surface area contributed by atoms with Crippen molar-refractivity contribution in [2.45, 2.75) is 44.4 Å². The molecule has 1 aromatic carbocycles. The van der Waals surface area contributed by atoms with Crippen molar-refractivity contribution in [2.75, 3.05) is 46.4 Å². The van der Waals surface area contributed by atoms with E-state index in [0.717, 1.165) is 38.3 Å². The summed E-state index contributed by atoms with van der Waals surface area (Å²) in [6, 6.07) is 5.90. The number of methoxy groups -OCH3 is 1. The van der Waals surface area contributed by atoms with E-state index in [2.05, 4.69) is 9.80 Å². The predicted molar refractivity (Wildman–Crippen MR) is 101 cm³/mol. The lowest BCUT2D eigenvalue weighted by molar-refractivity contribution is -0.00290. The third-order valence-corrected chi connectivity index (χ3v) is 5.17. The lowest BCUT2D eigenvalue weighted by Crippen LogP contribution is -2.49. The number of aliphatic hydroxyl groups excluding tert-OH is 2. The van der Waals surface area contributed by atoms with Crippen molar-refractivity contribution in [2.24, 2.45) is 0 Å². The molecule has 6 heteroatoms. The van der Waals surface area contributed by atoms with Gasteiger partial charge in [0.15, 0.2) is 11.5 Å². The summed E-state index contributed by atoms with van der Waals surface area (Å²) >= 11 is 0. The van der Waals surface area contributed by atoms with Crippen LogP contribution in [0.4, 0.5) is 0 Å². The molecule has 2 saturated heterocycles. The highest BCUT2D eigenvalue weighted by molar-refractivity contribution is 5.43. The highest BCUT2D eigenvalue weighted by Crippen LogP contribution is 2.29. The van der Waals surface area contributed by atoms with E-state index in [9.17, 15) is 10.2 Å². The zero-order valence-electron chi connectivity index (χ0n) is 15.8. The van der Waals surface area contributed by atoms with Crippen LogP contribution in [0.15, 0.2) is 18.2 Å². The highest BCUT2D eigenvalue weighted by atomic mass is 16.5. The van der Waals surface area contributed by atoms with Crippen molar-refractivity contribution >= 4 is 0 Å². The van der Waals surface area contributed by atoms with E-state index in [1.54, 1.807) is 7.11 Å². The van der Waals surface area contributed by atoms with Crippen molar-refractivity contribution in [3.05, 3.63) is 23.8 Å². The first-order valence-corrected chi connectivity index (χ1v) is 9.74. The SMILES string of the molecule is COc1cc(CN2CC(O)C2)ccc1OCC(O)CN1CCCCCC1. The van der Waals surface area contributed by atoms with Crippen LogP contribution < -0.4 is 9.47 Å². The smallest absolute Gasteiger partial charge is 0.161 e. The molecular weight excluding hydrogens is 332 g/mol. The van der Waals surface area contributed by atoms with Gasteiger partial charge in [0.05, 0.1) is 13.2 Å². The van der Waals surface area contributed by atoms with Gasteiger partial charge in [-0.15, -0.1) is 0 Å². The Morgan fingerprint density at radius 1 is 1.08 bits per heavy atom. The molecule has 0 aromatic heterocycles. The van der Waals surface area contributed by atoms with Gasteiger partial charge in [-0.2, -0.15) is 0 Å². The Hall–Kier alpha value is -1.34. The highest BCUT2D eigenvalue weighted by Gasteiger charge is 2.24. The first kappa shape index (κ1) is 19.4. The molecule has 2 fully saturated rings. The molecule has 0 spiro atoms. The monoisotopic (exact) mass is 364 g/mol. The van der Waals surface area contributed by atoms with Gasteiger partial charge in [-0.1, -0.05) is 18.9 Å². The Kier molecular flexibility index (Phi) is 7.14. The first-order valence-electron chi connectivity index (χ1n) is 9.74. The average Bonchev–Trinajstić information content (AvgIpc) is 2.87. The topological polar surface area (TPSA) is 65.4 Å². The number of β-amino-alcohol motifs (C(OH)–C–C–N with tert-alkyl or cyclic N) is 2. The van der Waals surface area contributed by atoms with Gasteiger partial charge < -0.3 is 24.6 Å². The molecule has 0 radical (unpaired) electrons. The van der Waals surface area contributed by atoms with Crippen molar-refractivity contribution in [1.82, 2.24) is 9.80 Å². The molecule has 1 atom stereocenters. The third-order valence-electron chi connectivity index (χ3n) is 5.17. The van der Waals surface area contributed by atoms with Gasteiger partial charge in [0.1, 0.15) is 12.7 Å². The van der Waals surface area contributed by atoms with Crippen LogP contribution in [0, 0.1) is 0 Å².